The maximum absolute atomic E-state index is 12.4. The highest BCUT2D eigenvalue weighted by Gasteiger charge is 2.21. The first-order chi connectivity index (χ1) is 11.1. The Morgan fingerprint density at radius 3 is 2.74 bits per heavy atom. The van der Waals surface area contributed by atoms with Crippen LogP contribution in [0.1, 0.15) is 10.4 Å². The summed E-state index contributed by atoms with van der Waals surface area (Å²) in [7, 11) is 0. The van der Waals surface area contributed by atoms with E-state index in [-0.39, 0.29) is 16.3 Å². The molecule has 0 aliphatic rings. The number of anilines is 1. The van der Waals surface area contributed by atoms with Crippen LogP contribution >= 0.6 is 11.6 Å². The van der Waals surface area contributed by atoms with Crippen LogP contribution in [0.25, 0.3) is 10.9 Å². The molecule has 1 amide bonds. The number of nitro groups is 1. The van der Waals surface area contributed by atoms with Gasteiger partial charge in [-0.25, -0.2) is 0 Å². The van der Waals surface area contributed by atoms with E-state index in [2.05, 4.69) is 10.3 Å². The highest BCUT2D eigenvalue weighted by molar-refractivity contribution is 6.31. The van der Waals surface area contributed by atoms with Gasteiger partial charge in [0.05, 0.1) is 16.1 Å². The second-order valence-electron chi connectivity index (χ2n) is 4.75. The Hall–Kier alpha value is -2.99. The number of hydrogen-bond donors (Lipinski definition) is 1. The SMILES string of the molecule is O=C(Nc1cccc2cccnc12)c1ccc(Cl)cc1[N+](=O)[O-]. The van der Waals surface area contributed by atoms with Crippen molar-refractivity contribution in [2.24, 2.45) is 0 Å². The van der Waals surface area contributed by atoms with Crippen LogP contribution in [0.4, 0.5) is 11.4 Å². The molecule has 2 aromatic carbocycles. The summed E-state index contributed by atoms with van der Waals surface area (Å²) in [6.07, 6.45) is 1.61. The van der Waals surface area contributed by atoms with E-state index in [1.165, 1.54) is 12.1 Å². The largest absolute Gasteiger partial charge is 0.320 e. The van der Waals surface area contributed by atoms with Crippen LogP contribution in [0, 0.1) is 10.1 Å². The molecule has 1 aromatic heterocycles. The molecule has 0 fully saturated rings. The third-order valence-corrected chi connectivity index (χ3v) is 3.52. The zero-order valence-corrected chi connectivity index (χ0v) is 12.4. The number of nitrogens with one attached hydrogen (secondary N) is 1. The molecule has 114 valence electrons. The van der Waals surface area contributed by atoms with Crippen LogP contribution in [0.2, 0.25) is 5.02 Å². The van der Waals surface area contributed by atoms with Crippen molar-refractivity contribution < 1.29 is 9.72 Å². The monoisotopic (exact) mass is 327 g/mol. The number of carbonyl (C=O) groups excluding carboxylic acids is 1. The highest BCUT2D eigenvalue weighted by atomic mass is 35.5. The van der Waals surface area contributed by atoms with Gasteiger partial charge in [0.25, 0.3) is 11.6 Å². The minimum absolute atomic E-state index is 0.0627. The number of halogens is 1. The van der Waals surface area contributed by atoms with Crippen molar-refractivity contribution in [2.75, 3.05) is 5.32 Å². The van der Waals surface area contributed by atoms with Crippen LogP contribution in [0.5, 0.6) is 0 Å². The van der Waals surface area contributed by atoms with Crippen molar-refractivity contribution in [3.63, 3.8) is 0 Å². The van der Waals surface area contributed by atoms with Gasteiger partial charge in [0.2, 0.25) is 0 Å². The summed E-state index contributed by atoms with van der Waals surface area (Å²) in [5.41, 5.74) is 0.688. The smallest absolute Gasteiger partial charge is 0.283 e. The molecule has 1 heterocycles. The predicted molar refractivity (Wildman–Crippen MR) is 87.8 cm³/mol. The minimum atomic E-state index is -0.637. The Labute approximate surface area is 135 Å². The molecule has 3 rings (SSSR count). The Balaban J connectivity index is 2.00. The third-order valence-electron chi connectivity index (χ3n) is 3.28. The molecule has 7 heteroatoms. The van der Waals surface area contributed by atoms with Crippen molar-refractivity contribution in [1.29, 1.82) is 0 Å². The standard InChI is InChI=1S/C16H10ClN3O3/c17-11-6-7-12(14(9-11)20(22)23)16(21)19-13-5-1-3-10-4-2-8-18-15(10)13/h1-9H,(H,19,21). The fraction of sp³-hybridized carbons (Fsp3) is 0. The zero-order chi connectivity index (χ0) is 16.4. The van der Waals surface area contributed by atoms with Crippen molar-refractivity contribution in [3.8, 4) is 0 Å². The van der Waals surface area contributed by atoms with Gasteiger partial charge in [0, 0.05) is 22.7 Å². The van der Waals surface area contributed by atoms with Crippen molar-refractivity contribution in [1.82, 2.24) is 4.98 Å². The number of para-hydroxylation sites is 1. The van der Waals surface area contributed by atoms with Gasteiger partial charge in [-0.2, -0.15) is 0 Å². The second-order valence-corrected chi connectivity index (χ2v) is 5.19. The number of fused-ring (bicyclic) bond motifs is 1. The molecule has 0 saturated carbocycles. The van der Waals surface area contributed by atoms with E-state index in [1.54, 1.807) is 24.4 Å². The van der Waals surface area contributed by atoms with Gasteiger partial charge >= 0.3 is 0 Å². The lowest BCUT2D eigenvalue weighted by molar-refractivity contribution is -0.385. The number of nitrogens with zero attached hydrogens (tertiary/aromatic N) is 2. The molecular weight excluding hydrogens is 318 g/mol. The normalized spacial score (nSPS) is 10.5. The molecule has 0 bridgehead atoms. The molecular formula is C16H10ClN3O3. The second kappa shape index (κ2) is 6.02. The molecule has 0 saturated heterocycles. The van der Waals surface area contributed by atoms with Crippen LogP contribution in [0.3, 0.4) is 0 Å². The molecule has 0 spiro atoms. The lowest BCUT2D eigenvalue weighted by Gasteiger charge is -2.08. The van der Waals surface area contributed by atoms with Crippen molar-refractivity contribution >= 4 is 39.8 Å². The number of hydrogen-bond acceptors (Lipinski definition) is 4. The topological polar surface area (TPSA) is 85.1 Å². The van der Waals surface area contributed by atoms with Gasteiger partial charge in [-0.3, -0.25) is 19.9 Å². The molecule has 0 unspecified atom stereocenters. The maximum Gasteiger partial charge on any atom is 0.283 e. The first-order valence-corrected chi connectivity index (χ1v) is 7.03. The fourth-order valence-electron chi connectivity index (χ4n) is 2.24. The Morgan fingerprint density at radius 2 is 1.96 bits per heavy atom. The maximum atomic E-state index is 12.4. The highest BCUT2D eigenvalue weighted by Crippen LogP contribution is 2.26. The molecule has 0 aliphatic heterocycles. The van der Waals surface area contributed by atoms with Gasteiger partial charge in [-0.15, -0.1) is 0 Å². The first-order valence-electron chi connectivity index (χ1n) is 6.65. The zero-order valence-electron chi connectivity index (χ0n) is 11.7. The van der Waals surface area contributed by atoms with Crippen molar-refractivity contribution in [3.05, 3.63) is 75.4 Å². The van der Waals surface area contributed by atoms with E-state index in [4.69, 9.17) is 11.6 Å². The van der Waals surface area contributed by atoms with E-state index in [0.717, 1.165) is 11.5 Å². The number of nitro benzene ring substituents is 1. The average Bonchev–Trinajstić information content (AvgIpc) is 2.55. The van der Waals surface area contributed by atoms with E-state index >= 15 is 0 Å². The molecule has 0 aliphatic carbocycles. The summed E-state index contributed by atoms with van der Waals surface area (Å²) in [6.45, 7) is 0. The predicted octanol–water partition coefficient (Wildman–Crippen LogP) is 4.05. The van der Waals surface area contributed by atoms with Crippen LogP contribution in [-0.2, 0) is 0 Å². The van der Waals surface area contributed by atoms with E-state index in [1.807, 2.05) is 12.1 Å². The lowest BCUT2D eigenvalue weighted by Crippen LogP contribution is -2.14. The summed E-state index contributed by atoms with van der Waals surface area (Å²) < 4.78 is 0. The van der Waals surface area contributed by atoms with Gasteiger partial charge in [-0.1, -0.05) is 29.8 Å². The number of carbonyl (C=O) groups is 1. The number of amides is 1. The van der Waals surface area contributed by atoms with E-state index in [9.17, 15) is 14.9 Å². The summed E-state index contributed by atoms with van der Waals surface area (Å²) in [5.74, 6) is -0.591. The number of benzene rings is 2. The van der Waals surface area contributed by atoms with Gasteiger partial charge in [0.15, 0.2) is 0 Å². The number of rotatable bonds is 3. The third kappa shape index (κ3) is 2.97. The van der Waals surface area contributed by atoms with E-state index < -0.39 is 10.8 Å². The summed E-state index contributed by atoms with van der Waals surface area (Å²) in [4.78, 5) is 27.1. The molecule has 1 N–H and O–H groups in total. The summed E-state index contributed by atoms with van der Waals surface area (Å²) in [5, 5.41) is 14.8. The molecule has 3 aromatic rings. The van der Waals surface area contributed by atoms with Crippen molar-refractivity contribution in [2.45, 2.75) is 0 Å². The molecule has 23 heavy (non-hydrogen) atoms. The molecule has 6 nitrogen and oxygen atoms in total. The van der Waals surface area contributed by atoms with Gasteiger partial charge in [0.1, 0.15) is 5.56 Å². The summed E-state index contributed by atoms with van der Waals surface area (Å²) in [6, 6.07) is 12.9. The first kappa shape index (κ1) is 14.9. The molecule has 0 atom stereocenters. The Morgan fingerprint density at radius 1 is 1.17 bits per heavy atom. The lowest BCUT2D eigenvalue weighted by atomic mass is 10.1. The van der Waals surface area contributed by atoms with Gasteiger partial charge in [-0.05, 0) is 24.3 Å². The van der Waals surface area contributed by atoms with Crippen LogP contribution < -0.4 is 5.32 Å². The van der Waals surface area contributed by atoms with Crippen LogP contribution in [0.15, 0.2) is 54.7 Å². The Kier molecular flexibility index (Phi) is 3.91. The average molecular weight is 328 g/mol. The summed E-state index contributed by atoms with van der Waals surface area (Å²) >= 11 is 5.76. The number of aromatic nitrogens is 1. The quantitative estimate of drug-likeness (QED) is 0.581. The fourth-order valence-corrected chi connectivity index (χ4v) is 2.41. The van der Waals surface area contributed by atoms with E-state index in [0.29, 0.717) is 11.2 Å². The minimum Gasteiger partial charge on any atom is -0.320 e. The van der Waals surface area contributed by atoms with Gasteiger partial charge < -0.3 is 5.32 Å². The number of pyridine rings is 1. The van der Waals surface area contributed by atoms with Crippen LogP contribution in [-0.4, -0.2) is 15.8 Å². The Bertz CT molecular complexity index is 922. The molecule has 0 radical (unpaired) electrons.